The summed E-state index contributed by atoms with van der Waals surface area (Å²) in [7, 11) is -3.69. The van der Waals surface area contributed by atoms with Crippen molar-refractivity contribution < 1.29 is 17.6 Å². The molecule has 138 valence electrons. The second-order valence-electron chi connectivity index (χ2n) is 6.32. The lowest BCUT2D eigenvalue weighted by Crippen LogP contribution is -2.36. The van der Waals surface area contributed by atoms with Crippen molar-refractivity contribution in [1.82, 2.24) is 4.31 Å². The number of nitrogens with one attached hydrogen (secondary N) is 1. The Labute approximate surface area is 152 Å². The Bertz CT molecular complexity index is 911. The van der Waals surface area contributed by atoms with Crippen LogP contribution in [0.2, 0.25) is 0 Å². The fourth-order valence-electron chi connectivity index (χ4n) is 3.02. The zero-order valence-electron chi connectivity index (χ0n) is 14.5. The second-order valence-corrected chi connectivity index (χ2v) is 8.26. The Morgan fingerprint density at radius 3 is 2.58 bits per heavy atom. The number of amides is 1. The smallest absolute Gasteiger partial charge is 0.243 e. The zero-order chi connectivity index (χ0) is 18.7. The molecule has 0 saturated heterocycles. The molecule has 0 bridgehead atoms. The van der Waals surface area contributed by atoms with Crippen LogP contribution in [0.1, 0.15) is 30.9 Å². The van der Waals surface area contributed by atoms with E-state index in [1.165, 1.54) is 16.4 Å². The van der Waals surface area contributed by atoms with Crippen molar-refractivity contribution in [3.05, 3.63) is 59.4 Å². The van der Waals surface area contributed by atoms with Gasteiger partial charge in [-0.25, -0.2) is 12.8 Å². The molecule has 2 aromatic carbocycles. The van der Waals surface area contributed by atoms with Crippen LogP contribution in [0.3, 0.4) is 0 Å². The molecule has 3 rings (SSSR count). The number of nitrogens with zero attached hydrogens (tertiary/aromatic N) is 1. The quantitative estimate of drug-likeness (QED) is 0.871. The van der Waals surface area contributed by atoms with E-state index in [-0.39, 0.29) is 17.3 Å². The minimum Gasteiger partial charge on any atom is -0.326 e. The van der Waals surface area contributed by atoms with E-state index in [1.807, 2.05) is 25.1 Å². The number of hydrogen-bond donors (Lipinski definition) is 1. The van der Waals surface area contributed by atoms with Gasteiger partial charge in [-0.3, -0.25) is 4.79 Å². The number of carbonyl (C=O) groups excluding carboxylic acids is 1. The van der Waals surface area contributed by atoms with Gasteiger partial charge in [0.1, 0.15) is 5.82 Å². The fourth-order valence-corrected chi connectivity index (χ4v) is 4.44. The van der Waals surface area contributed by atoms with Gasteiger partial charge in [-0.15, -0.1) is 0 Å². The molecular weight excluding hydrogens is 355 g/mol. The predicted molar refractivity (Wildman–Crippen MR) is 97.7 cm³/mol. The van der Waals surface area contributed by atoms with Crippen molar-refractivity contribution in [3.8, 4) is 0 Å². The van der Waals surface area contributed by atoms with E-state index in [2.05, 4.69) is 5.32 Å². The Kier molecular flexibility index (Phi) is 5.38. The maximum atomic E-state index is 13.1. The highest BCUT2D eigenvalue weighted by Gasteiger charge is 2.28. The summed E-state index contributed by atoms with van der Waals surface area (Å²) < 4.78 is 40.0. The SMILES string of the molecule is CCCC(=O)Nc1ccc2c(c1)CN(S(=O)(=O)c1ccc(F)cc1)CC2. The van der Waals surface area contributed by atoms with Gasteiger partial charge in [0, 0.05) is 25.2 Å². The molecule has 7 heteroatoms. The highest BCUT2D eigenvalue weighted by molar-refractivity contribution is 7.89. The van der Waals surface area contributed by atoms with E-state index in [4.69, 9.17) is 0 Å². The highest BCUT2D eigenvalue weighted by Crippen LogP contribution is 2.27. The van der Waals surface area contributed by atoms with Crippen LogP contribution in [0.5, 0.6) is 0 Å². The number of sulfonamides is 1. The molecule has 0 aliphatic carbocycles. The second kappa shape index (κ2) is 7.55. The minimum absolute atomic E-state index is 0.0564. The summed E-state index contributed by atoms with van der Waals surface area (Å²) in [5.41, 5.74) is 2.61. The first-order chi connectivity index (χ1) is 12.4. The van der Waals surface area contributed by atoms with Gasteiger partial charge in [0.05, 0.1) is 4.90 Å². The average molecular weight is 376 g/mol. The summed E-state index contributed by atoms with van der Waals surface area (Å²) in [6.07, 6.45) is 1.81. The molecule has 0 radical (unpaired) electrons. The molecule has 1 aliphatic heterocycles. The number of benzene rings is 2. The van der Waals surface area contributed by atoms with E-state index in [1.54, 1.807) is 0 Å². The van der Waals surface area contributed by atoms with Gasteiger partial charge < -0.3 is 5.32 Å². The summed E-state index contributed by atoms with van der Waals surface area (Å²) in [5, 5.41) is 2.84. The Morgan fingerprint density at radius 2 is 1.88 bits per heavy atom. The van der Waals surface area contributed by atoms with Crippen molar-refractivity contribution in [2.24, 2.45) is 0 Å². The third kappa shape index (κ3) is 3.94. The number of halogens is 1. The standard InChI is InChI=1S/C19H21FN2O3S/c1-2-3-19(23)21-17-7-4-14-10-11-22(13-15(14)12-17)26(24,25)18-8-5-16(20)6-9-18/h4-9,12H,2-3,10-11,13H2,1H3,(H,21,23). The Balaban J connectivity index is 1.81. The zero-order valence-corrected chi connectivity index (χ0v) is 15.4. The van der Waals surface area contributed by atoms with E-state index in [9.17, 15) is 17.6 Å². The van der Waals surface area contributed by atoms with E-state index in [0.29, 0.717) is 25.1 Å². The molecule has 2 aromatic rings. The van der Waals surface area contributed by atoms with Crippen LogP contribution in [0.15, 0.2) is 47.4 Å². The molecule has 1 amide bonds. The largest absolute Gasteiger partial charge is 0.326 e. The first kappa shape index (κ1) is 18.5. The number of rotatable bonds is 5. The van der Waals surface area contributed by atoms with Gasteiger partial charge >= 0.3 is 0 Å². The van der Waals surface area contributed by atoms with Crippen LogP contribution in [0.25, 0.3) is 0 Å². The molecular formula is C19H21FN2O3S. The normalized spacial score (nSPS) is 14.7. The summed E-state index contributed by atoms with van der Waals surface area (Å²) in [4.78, 5) is 11.8. The number of fused-ring (bicyclic) bond motifs is 1. The summed E-state index contributed by atoms with van der Waals surface area (Å²) in [5.74, 6) is -0.528. The average Bonchev–Trinajstić information content (AvgIpc) is 2.61. The molecule has 0 fully saturated rings. The molecule has 0 atom stereocenters. The summed E-state index contributed by atoms with van der Waals surface area (Å²) >= 11 is 0. The van der Waals surface area contributed by atoms with Gasteiger partial charge in [-0.2, -0.15) is 4.31 Å². The third-order valence-electron chi connectivity index (χ3n) is 4.40. The van der Waals surface area contributed by atoms with E-state index >= 15 is 0 Å². The van der Waals surface area contributed by atoms with Crippen molar-refractivity contribution in [2.75, 3.05) is 11.9 Å². The molecule has 26 heavy (non-hydrogen) atoms. The lowest BCUT2D eigenvalue weighted by atomic mass is 10.0. The Morgan fingerprint density at radius 1 is 1.15 bits per heavy atom. The summed E-state index contributed by atoms with van der Waals surface area (Å²) in [6.45, 7) is 2.53. The van der Waals surface area contributed by atoms with Crippen LogP contribution in [-0.4, -0.2) is 25.2 Å². The van der Waals surface area contributed by atoms with Crippen LogP contribution >= 0.6 is 0 Å². The van der Waals surface area contributed by atoms with Crippen molar-refractivity contribution in [1.29, 1.82) is 0 Å². The summed E-state index contributed by atoms with van der Waals surface area (Å²) in [6, 6.07) is 10.5. The maximum absolute atomic E-state index is 13.1. The fraction of sp³-hybridized carbons (Fsp3) is 0.316. The molecule has 1 aliphatic rings. The Hall–Kier alpha value is -2.25. The van der Waals surface area contributed by atoms with Gasteiger partial charge in [-0.1, -0.05) is 13.0 Å². The molecule has 1 heterocycles. The number of hydrogen-bond acceptors (Lipinski definition) is 3. The molecule has 0 aromatic heterocycles. The van der Waals surface area contributed by atoms with Gasteiger partial charge in [-0.05, 0) is 60.4 Å². The minimum atomic E-state index is -3.69. The van der Waals surface area contributed by atoms with Gasteiger partial charge in [0.2, 0.25) is 15.9 Å². The van der Waals surface area contributed by atoms with Gasteiger partial charge in [0.25, 0.3) is 0 Å². The molecule has 0 spiro atoms. The highest BCUT2D eigenvalue weighted by atomic mass is 32.2. The molecule has 0 saturated carbocycles. The van der Waals surface area contributed by atoms with E-state index in [0.717, 1.165) is 29.7 Å². The lowest BCUT2D eigenvalue weighted by Gasteiger charge is -2.28. The first-order valence-corrected chi connectivity index (χ1v) is 10.0. The van der Waals surface area contributed by atoms with Crippen LogP contribution < -0.4 is 5.32 Å². The number of anilines is 1. The molecule has 5 nitrogen and oxygen atoms in total. The van der Waals surface area contributed by atoms with Crippen LogP contribution in [0, 0.1) is 5.82 Å². The van der Waals surface area contributed by atoms with Crippen molar-refractivity contribution in [2.45, 2.75) is 37.6 Å². The lowest BCUT2D eigenvalue weighted by molar-refractivity contribution is -0.116. The first-order valence-electron chi connectivity index (χ1n) is 8.57. The number of carbonyl (C=O) groups is 1. The predicted octanol–water partition coefficient (Wildman–Crippen LogP) is 3.31. The maximum Gasteiger partial charge on any atom is 0.243 e. The van der Waals surface area contributed by atoms with Crippen molar-refractivity contribution >= 4 is 21.6 Å². The third-order valence-corrected chi connectivity index (χ3v) is 6.26. The van der Waals surface area contributed by atoms with Crippen molar-refractivity contribution in [3.63, 3.8) is 0 Å². The topological polar surface area (TPSA) is 66.5 Å². The van der Waals surface area contributed by atoms with Crippen LogP contribution in [0.4, 0.5) is 10.1 Å². The molecule has 1 N–H and O–H groups in total. The van der Waals surface area contributed by atoms with E-state index < -0.39 is 15.8 Å². The van der Waals surface area contributed by atoms with Crippen LogP contribution in [-0.2, 0) is 27.8 Å². The van der Waals surface area contributed by atoms with Gasteiger partial charge in [0.15, 0.2) is 0 Å². The molecule has 0 unspecified atom stereocenters. The monoisotopic (exact) mass is 376 g/mol.